The SMILES string of the molecule is CCN(CC(C)O)C(C)C. The van der Waals surface area contributed by atoms with Gasteiger partial charge in [-0.15, -0.1) is 0 Å². The molecule has 0 saturated heterocycles. The second kappa shape index (κ2) is 4.69. The fourth-order valence-corrected chi connectivity index (χ4v) is 1.04. The summed E-state index contributed by atoms with van der Waals surface area (Å²) in [5.74, 6) is 0. The van der Waals surface area contributed by atoms with Crippen LogP contribution < -0.4 is 0 Å². The molecular weight excluding hydrogens is 126 g/mol. The van der Waals surface area contributed by atoms with Gasteiger partial charge in [-0.3, -0.25) is 4.90 Å². The molecule has 0 spiro atoms. The van der Waals surface area contributed by atoms with Gasteiger partial charge in [0.25, 0.3) is 0 Å². The fraction of sp³-hybridized carbons (Fsp3) is 1.00. The molecule has 0 amide bonds. The Morgan fingerprint density at radius 2 is 1.80 bits per heavy atom. The standard InChI is InChI=1S/C8H19NO/c1-5-9(7(2)3)6-8(4)10/h7-8,10H,5-6H2,1-4H3. The average Bonchev–Trinajstić information content (AvgIpc) is 1.81. The van der Waals surface area contributed by atoms with Gasteiger partial charge in [0.1, 0.15) is 0 Å². The van der Waals surface area contributed by atoms with Crippen LogP contribution in [0, 0.1) is 0 Å². The van der Waals surface area contributed by atoms with Gasteiger partial charge >= 0.3 is 0 Å². The van der Waals surface area contributed by atoms with Crippen molar-refractivity contribution in [1.82, 2.24) is 4.90 Å². The van der Waals surface area contributed by atoms with E-state index in [-0.39, 0.29) is 6.10 Å². The van der Waals surface area contributed by atoms with E-state index in [1.54, 1.807) is 0 Å². The van der Waals surface area contributed by atoms with Crippen LogP contribution >= 0.6 is 0 Å². The summed E-state index contributed by atoms with van der Waals surface area (Å²) in [6, 6.07) is 0.541. The Morgan fingerprint density at radius 3 is 1.90 bits per heavy atom. The molecule has 0 aliphatic heterocycles. The maximum absolute atomic E-state index is 9.06. The highest BCUT2D eigenvalue weighted by molar-refractivity contribution is 4.62. The minimum Gasteiger partial charge on any atom is -0.392 e. The molecule has 0 aromatic carbocycles. The van der Waals surface area contributed by atoms with Crippen molar-refractivity contribution < 1.29 is 5.11 Å². The molecule has 0 bridgehead atoms. The quantitative estimate of drug-likeness (QED) is 0.640. The highest BCUT2D eigenvalue weighted by Crippen LogP contribution is 1.98. The van der Waals surface area contributed by atoms with Crippen molar-refractivity contribution in [3.63, 3.8) is 0 Å². The molecule has 1 atom stereocenters. The molecule has 0 aromatic heterocycles. The number of aliphatic hydroxyl groups is 1. The minimum absolute atomic E-state index is 0.206. The van der Waals surface area contributed by atoms with Crippen molar-refractivity contribution in [2.24, 2.45) is 0 Å². The number of hydrogen-bond acceptors (Lipinski definition) is 2. The third-order valence-electron chi connectivity index (χ3n) is 1.64. The van der Waals surface area contributed by atoms with Crippen LogP contribution in [0.25, 0.3) is 0 Å². The lowest BCUT2D eigenvalue weighted by molar-refractivity contribution is 0.112. The van der Waals surface area contributed by atoms with Gasteiger partial charge in [0, 0.05) is 12.6 Å². The van der Waals surface area contributed by atoms with E-state index in [2.05, 4.69) is 25.7 Å². The first-order valence-corrected chi connectivity index (χ1v) is 4.00. The Balaban J connectivity index is 3.60. The van der Waals surface area contributed by atoms with E-state index in [1.807, 2.05) is 6.92 Å². The van der Waals surface area contributed by atoms with Crippen molar-refractivity contribution in [2.45, 2.75) is 39.8 Å². The molecule has 1 N–H and O–H groups in total. The molecule has 0 rings (SSSR count). The van der Waals surface area contributed by atoms with Crippen molar-refractivity contribution >= 4 is 0 Å². The average molecular weight is 145 g/mol. The van der Waals surface area contributed by atoms with E-state index >= 15 is 0 Å². The van der Waals surface area contributed by atoms with Crippen LogP contribution in [0.5, 0.6) is 0 Å². The third kappa shape index (κ3) is 3.85. The van der Waals surface area contributed by atoms with Crippen molar-refractivity contribution in [1.29, 1.82) is 0 Å². The summed E-state index contributed by atoms with van der Waals surface area (Å²) in [5.41, 5.74) is 0. The molecule has 0 fully saturated rings. The van der Waals surface area contributed by atoms with E-state index in [1.165, 1.54) is 0 Å². The van der Waals surface area contributed by atoms with Crippen LogP contribution in [0.2, 0.25) is 0 Å². The third-order valence-corrected chi connectivity index (χ3v) is 1.64. The number of aliphatic hydroxyl groups excluding tert-OH is 1. The first-order chi connectivity index (χ1) is 4.57. The van der Waals surface area contributed by atoms with Gasteiger partial charge in [-0.2, -0.15) is 0 Å². The summed E-state index contributed by atoms with van der Waals surface area (Å²) < 4.78 is 0. The Labute approximate surface area is 63.8 Å². The molecule has 0 aromatic rings. The predicted molar refractivity (Wildman–Crippen MR) is 44.1 cm³/mol. The number of hydrogen-bond donors (Lipinski definition) is 1. The number of rotatable bonds is 4. The van der Waals surface area contributed by atoms with E-state index in [9.17, 15) is 0 Å². The lowest BCUT2D eigenvalue weighted by atomic mass is 10.3. The maximum atomic E-state index is 9.06. The number of nitrogens with zero attached hydrogens (tertiary/aromatic N) is 1. The van der Waals surface area contributed by atoms with Gasteiger partial charge in [-0.1, -0.05) is 6.92 Å². The Bertz CT molecular complexity index is 81.3. The van der Waals surface area contributed by atoms with Gasteiger partial charge in [-0.25, -0.2) is 0 Å². The highest BCUT2D eigenvalue weighted by Gasteiger charge is 2.08. The van der Waals surface area contributed by atoms with Crippen molar-refractivity contribution in [3.8, 4) is 0 Å². The zero-order valence-corrected chi connectivity index (χ0v) is 7.46. The second-order valence-electron chi connectivity index (χ2n) is 3.03. The van der Waals surface area contributed by atoms with Crippen LogP contribution in [-0.4, -0.2) is 35.2 Å². The van der Waals surface area contributed by atoms with Gasteiger partial charge in [-0.05, 0) is 27.3 Å². The molecule has 1 unspecified atom stereocenters. The summed E-state index contributed by atoms with van der Waals surface area (Å²) >= 11 is 0. The molecule has 0 heterocycles. The van der Waals surface area contributed by atoms with Crippen LogP contribution in [0.1, 0.15) is 27.7 Å². The maximum Gasteiger partial charge on any atom is 0.0639 e. The van der Waals surface area contributed by atoms with Gasteiger partial charge < -0.3 is 5.11 Å². The molecule has 2 heteroatoms. The van der Waals surface area contributed by atoms with E-state index in [0.29, 0.717) is 6.04 Å². The Kier molecular flexibility index (Phi) is 4.65. The fourth-order valence-electron chi connectivity index (χ4n) is 1.04. The van der Waals surface area contributed by atoms with Crippen molar-refractivity contribution in [3.05, 3.63) is 0 Å². The second-order valence-corrected chi connectivity index (χ2v) is 3.03. The lowest BCUT2D eigenvalue weighted by Crippen LogP contribution is -2.36. The first kappa shape index (κ1) is 9.92. The summed E-state index contributed by atoms with van der Waals surface area (Å²) in [6.45, 7) is 10.0. The molecule has 0 aliphatic rings. The van der Waals surface area contributed by atoms with Gasteiger partial charge in [0.2, 0.25) is 0 Å². The molecule has 62 valence electrons. The van der Waals surface area contributed by atoms with Crippen LogP contribution in [-0.2, 0) is 0 Å². The lowest BCUT2D eigenvalue weighted by Gasteiger charge is -2.25. The largest absolute Gasteiger partial charge is 0.392 e. The topological polar surface area (TPSA) is 23.5 Å². The Morgan fingerprint density at radius 1 is 1.30 bits per heavy atom. The van der Waals surface area contributed by atoms with E-state index < -0.39 is 0 Å². The summed E-state index contributed by atoms with van der Waals surface area (Å²) in [6.07, 6.45) is -0.206. The summed E-state index contributed by atoms with van der Waals surface area (Å²) in [4.78, 5) is 2.24. The number of likely N-dealkylation sites (N-methyl/N-ethyl adjacent to an activating group) is 1. The zero-order chi connectivity index (χ0) is 8.15. The minimum atomic E-state index is -0.206. The molecule has 0 saturated carbocycles. The van der Waals surface area contributed by atoms with Crippen LogP contribution in [0.15, 0.2) is 0 Å². The van der Waals surface area contributed by atoms with Gasteiger partial charge in [0.05, 0.1) is 6.10 Å². The highest BCUT2D eigenvalue weighted by atomic mass is 16.3. The van der Waals surface area contributed by atoms with E-state index in [0.717, 1.165) is 13.1 Å². The molecular formula is C8H19NO. The predicted octanol–water partition coefficient (Wildman–Crippen LogP) is 1.10. The molecule has 0 radical (unpaired) electrons. The monoisotopic (exact) mass is 145 g/mol. The van der Waals surface area contributed by atoms with Crippen molar-refractivity contribution in [2.75, 3.05) is 13.1 Å². The summed E-state index contributed by atoms with van der Waals surface area (Å²) in [5, 5.41) is 9.06. The Hall–Kier alpha value is -0.0800. The summed E-state index contributed by atoms with van der Waals surface area (Å²) in [7, 11) is 0. The zero-order valence-electron chi connectivity index (χ0n) is 7.46. The van der Waals surface area contributed by atoms with Gasteiger partial charge in [0.15, 0.2) is 0 Å². The van der Waals surface area contributed by atoms with E-state index in [4.69, 9.17) is 5.11 Å². The van der Waals surface area contributed by atoms with Crippen LogP contribution in [0.4, 0.5) is 0 Å². The van der Waals surface area contributed by atoms with Crippen LogP contribution in [0.3, 0.4) is 0 Å². The molecule has 2 nitrogen and oxygen atoms in total. The smallest absolute Gasteiger partial charge is 0.0639 e. The molecule has 0 aliphatic carbocycles. The first-order valence-electron chi connectivity index (χ1n) is 4.00. The molecule has 10 heavy (non-hydrogen) atoms. The normalized spacial score (nSPS) is 14.7.